The zero-order chi connectivity index (χ0) is 14.3. The molecule has 0 saturated heterocycles. The van der Waals surface area contributed by atoms with Gasteiger partial charge in [-0.25, -0.2) is 0 Å². The zero-order valence-electron chi connectivity index (χ0n) is 12.3. The first kappa shape index (κ1) is 19.2. The van der Waals surface area contributed by atoms with Gasteiger partial charge < -0.3 is 22.5 Å². The maximum Gasteiger partial charge on any atom is 0.311 e. The van der Waals surface area contributed by atoms with Gasteiger partial charge in [-0.15, -0.1) is 0 Å². The van der Waals surface area contributed by atoms with Gasteiger partial charge in [-0.2, -0.15) is 0 Å². The van der Waals surface area contributed by atoms with Crippen molar-refractivity contribution in [3.05, 3.63) is 34.9 Å². The van der Waals surface area contributed by atoms with Crippen LogP contribution in [0.25, 0.3) is 0 Å². The van der Waals surface area contributed by atoms with E-state index in [1.54, 1.807) is 0 Å². The van der Waals surface area contributed by atoms with Gasteiger partial charge in [0.15, 0.2) is 0 Å². The third-order valence-corrected chi connectivity index (χ3v) is 3.18. The fourth-order valence-electron chi connectivity index (χ4n) is 2.01. The number of hydrogen-bond acceptors (Lipinski definition) is 2. The van der Waals surface area contributed by atoms with Crippen LogP contribution in [0.4, 0.5) is 0 Å². The van der Waals surface area contributed by atoms with E-state index in [1.807, 2.05) is 31.2 Å². The van der Waals surface area contributed by atoms with E-state index in [1.165, 1.54) is 5.56 Å². The topological polar surface area (TPSA) is 42.9 Å². The van der Waals surface area contributed by atoms with Crippen molar-refractivity contribution < 1.29 is 27.3 Å². The Balaban J connectivity index is 0.00000361. The molecule has 114 valence electrons. The van der Waals surface area contributed by atoms with Crippen LogP contribution in [0.3, 0.4) is 0 Å². The summed E-state index contributed by atoms with van der Waals surface area (Å²) in [6.07, 6.45) is 1.39. The Bertz CT molecular complexity index is 405. The van der Waals surface area contributed by atoms with Crippen LogP contribution in [0.2, 0.25) is 5.02 Å². The molecule has 1 aromatic carbocycles. The molecule has 5 heteroatoms. The number of nitrogens with two attached hydrogens (primary N) is 1. The molecule has 0 bridgehead atoms. The molecule has 0 atom stereocenters. The van der Waals surface area contributed by atoms with E-state index in [-0.39, 0.29) is 23.9 Å². The molecule has 0 radical (unpaired) electrons. The van der Waals surface area contributed by atoms with Gasteiger partial charge in [-0.1, -0.05) is 23.7 Å². The molecule has 0 saturated carbocycles. The number of hydrogen-bond donors (Lipinski definition) is 1. The van der Waals surface area contributed by atoms with Gasteiger partial charge in [0.25, 0.3) is 0 Å². The van der Waals surface area contributed by atoms with E-state index in [0.29, 0.717) is 13.0 Å². The number of ether oxygens (including phenoxy) is 1. The van der Waals surface area contributed by atoms with Gasteiger partial charge in [0, 0.05) is 11.4 Å². The number of benzene rings is 1. The molecule has 0 aliphatic heterocycles. The summed E-state index contributed by atoms with van der Waals surface area (Å²) in [7, 11) is 0. The molecule has 0 spiro atoms. The van der Waals surface area contributed by atoms with Crippen molar-refractivity contribution in [3.63, 3.8) is 0 Å². The minimum Gasteiger partial charge on any atom is -1.00 e. The summed E-state index contributed by atoms with van der Waals surface area (Å²) in [6.45, 7) is 7.37. The summed E-state index contributed by atoms with van der Waals surface area (Å²) in [6, 6.07) is 7.91. The number of halogens is 2. The van der Waals surface area contributed by atoms with Crippen molar-refractivity contribution in [1.29, 1.82) is 0 Å². The Morgan fingerprint density at radius 3 is 2.45 bits per heavy atom. The predicted octanol–water partition coefficient (Wildman–Crippen LogP) is -0.818. The monoisotopic (exact) mass is 319 g/mol. The molecule has 20 heavy (non-hydrogen) atoms. The van der Waals surface area contributed by atoms with Gasteiger partial charge in [-0.05, 0) is 38.5 Å². The second kappa shape index (κ2) is 9.22. The number of carbonyl (C=O) groups is 1. The molecule has 0 heterocycles. The molecule has 0 unspecified atom stereocenters. The normalized spacial score (nSPS) is 10.8. The number of carbonyl (C=O) groups excluding carboxylic acids is 1. The quantitative estimate of drug-likeness (QED) is 0.667. The molecule has 0 fully saturated rings. The van der Waals surface area contributed by atoms with Crippen molar-refractivity contribution in [2.24, 2.45) is 0 Å². The lowest BCUT2D eigenvalue weighted by atomic mass is 9.95. The molecule has 0 amide bonds. The lowest BCUT2D eigenvalue weighted by Crippen LogP contribution is -3.00. The summed E-state index contributed by atoms with van der Waals surface area (Å²) < 4.78 is 4.91. The molecule has 0 aromatic heterocycles. The highest BCUT2D eigenvalue weighted by molar-refractivity contribution is 6.30. The Morgan fingerprint density at radius 2 is 1.90 bits per heavy atom. The SMILES string of the molecule is CCOC(=O)CC[NH2+]C(C)(C)Cc1ccc(Cl)cc1.[Cl-]. The summed E-state index contributed by atoms with van der Waals surface area (Å²) in [5.74, 6) is -0.124. The minimum absolute atomic E-state index is 0. The van der Waals surface area contributed by atoms with Crippen molar-refractivity contribution in [2.45, 2.75) is 39.2 Å². The van der Waals surface area contributed by atoms with Crippen LogP contribution in [-0.2, 0) is 16.0 Å². The molecule has 0 aliphatic carbocycles. The third kappa shape index (κ3) is 7.73. The van der Waals surface area contributed by atoms with Crippen LogP contribution < -0.4 is 17.7 Å². The number of esters is 1. The van der Waals surface area contributed by atoms with Gasteiger partial charge in [-0.3, -0.25) is 4.79 Å². The number of rotatable bonds is 7. The molecule has 2 N–H and O–H groups in total. The van der Waals surface area contributed by atoms with Crippen molar-refractivity contribution in [2.75, 3.05) is 13.2 Å². The van der Waals surface area contributed by atoms with Crippen LogP contribution in [0.15, 0.2) is 24.3 Å². The van der Waals surface area contributed by atoms with Crippen LogP contribution >= 0.6 is 11.6 Å². The maximum absolute atomic E-state index is 11.3. The molecule has 1 aromatic rings. The van der Waals surface area contributed by atoms with E-state index in [0.717, 1.165) is 18.0 Å². The lowest BCUT2D eigenvalue weighted by molar-refractivity contribution is -0.719. The molecule has 1 rings (SSSR count). The Hall–Kier alpha value is -0.770. The first-order chi connectivity index (χ1) is 8.93. The largest absolute Gasteiger partial charge is 1.00 e. The standard InChI is InChI=1S/C15H22ClNO2.ClH/c1-4-19-14(18)9-10-17-15(2,3)11-12-5-7-13(16)8-6-12;/h5-8,17H,4,9-11H2,1-3H3;1H. The van der Waals surface area contributed by atoms with Crippen molar-refractivity contribution >= 4 is 17.6 Å². The van der Waals surface area contributed by atoms with E-state index >= 15 is 0 Å². The molecular weight excluding hydrogens is 297 g/mol. The second-order valence-corrected chi connectivity index (χ2v) is 5.78. The summed E-state index contributed by atoms with van der Waals surface area (Å²) >= 11 is 5.87. The lowest BCUT2D eigenvalue weighted by Gasteiger charge is -2.23. The fraction of sp³-hybridized carbons (Fsp3) is 0.533. The highest BCUT2D eigenvalue weighted by atomic mass is 35.5. The van der Waals surface area contributed by atoms with Crippen LogP contribution in [0.5, 0.6) is 0 Å². The molecule has 3 nitrogen and oxygen atoms in total. The smallest absolute Gasteiger partial charge is 0.311 e. The van der Waals surface area contributed by atoms with Gasteiger partial charge in [0.1, 0.15) is 0 Å². The van der Waals surface area contributed by atoms with E-state index in [4.69, 9.17) is 16.3 Å². The average molecular weight is 320 g/mol. The highest BCUT2D eigenvalue weighted by Crippen LogP contribution is 2.13. The highest BCUT2D eigenvalue weighted by Gasteiger charge is 2.22. The second-order valence-electron chi connectivity index (χ2n) is 5.34. The Morgan fingerprint density at radius 1 is 1.30 bits per heavy atom. The Kier molecular flexibility index (Phi) is 8.86. The van der Waals surface area contributed by atoms with E-state index < -0.39 is 0 Å². The van der Waals surface area contributed by atoms with Gasteiger partial charge >= 0.3 is 5.97 Å². The minimum atomic E-state index is -0.124. The number of quaternary nitrogens is 1. The summed E-state index contributed by atoms with van der Waals surface area (Å²) in [4.78, 5) is 11.3. The summed E-state index contributed by atoms with van der Waals surface area (Å²) in [5.41, 5.74) is 1.31. The first-order valence-electron chi connectivity index (χ1n) is 6.67. The van der Waals surface area contributed by atoms with E-state index in [2.05, 4.69) is 19.2 Å². The zero-order valence-corrected chi connectivity index (χ0v) is 13.8. The van der Waals surface area contributed by atoms with Gasteiger partial charge in [0.2, 0.25) is 0 Å². The average Bonchev–Trinajstić information content (AvgIpc) is 2.32. The van der Waals surface area contributed by atoms with Crippen LogP contribution in [0.1, 0.15) is 32.8 Å². The molecular formula is C15H23Cl2NO2. The van der Waals surface area contributed by atoms with Crippen LogP contribution in [-0.4, -0.2) is 24.7 Å². The van der Waals surface area contributed by atoms with E-state index in [9.17, 15) is 4.79 Å². The first-order valence-corrected chi connectivity index (χ1v) is 7.05. The predicted molar refractivity (Wildman–Crippen MR) is 77.3 cm³/mol. The third-order valence-electron chi connectivity index (χ3n) is 2.92. The molecule has 0 aliphatic rings. The van der Waals surface area contributed by atoms with Gasteiger partial charge in [0.05, 0.1) is 25.1 Å². The Labute approximate surface area is 132 Å². The fourth-order valence-corrected chi connectivity index (χ4v) is 2.14. The van der Waals surface area contributed by atoms with Crippen molar-refractivity contribution in [3.8, 4) is 0 Å². The van der Waals surface area contributed by atoms with Crippen molar-refractivity contribution in [1.82, 2.24) is 0 Å². The summed E-state index contributed by atoms with van der Waals surface area (Å²) in [5, 5.41) is 2.95. The maximum atomic E-state index is 11.3. The van der Waals surface area contributed by atoms with Crippen LogP contribution in [0, 0.1) is 0 Å².